The van der Waals surface area contributed by atoms with Crippen molar-refractivity contribution in [1.29, 1.82) is 5.26 Å². The van der Waals surface area contributed by atoms with Gasteiger partial charge in [0, 0.05) is 24.1 Å². The summed E-state index contributed by atoms with van der Waals surface area (Å²) >= 11 is 7.17. The topological polar surface area (TPSA) is 95.7 Å². The number of halogens is 2. The van der Waals surface area contributed by atoms with Gasteiger partial charge in [0.1, 0.15) is 28.4 Å². The number of nitrogens with zero attached hydrogens (tertiary/aromatic N) is 3. The number of thiazole rings is 1. The highest BCUT2D eigenvalue weighted by Gasteiger charge is 2.45. The van der Waals surface area contributed by atoms with Gasteiger partial charge in [-0.3, -0.25) is 4.90 Å². The van der Waals surface area contributed by atoms with Crippen LogP contribution in [0.3, 0.4) is 0 Å². The van der Waals surface area contributed by atoms with E-state index in [1.54, 1.807) is 25.4 Å². The lowest BCUT2D eigenvalue weighted by Gasteiger charge is -2.32. The minimum atomic E-state index is -1.10. The summed E-state index contributed by atoms with van der Waals surface area (Å²) in [6.07, 6.45) is 0.0673. The third-order valence-electron chi connectivity index (χ3n) is 4.41. The maximum atomic E-state index is 13.7. The number of carbonyl (C=O) groups is 1. The lowest BCUT2D eigenvalue weighted by molar-refractivity contribution is -0.0428. The summed E-state index contributed by atoms with van der Waals surface area (Å²) in [4.78, 5) is 17.2. The van der Waals surface area contributed by atoms with Gasteiger partial charge in [0.2, 0.25) is 0 Å². The molecule has 148 valence electrons. The van der Waals surface area contributed by atoms with E-state index >= 15 is 0 Å². The summed E-state index contributed by atoms with van der Waals surface area (Å²) in [6, 6.07) is 3.63. The summed E-state index contributed by atoms with van der Waals surface area (Å²) < 4.78 is 25.3. The van der Waals surface area contributed by atoms with Crippen LogP contribution in [-0.2, 0) is 4.74 Å². The standard InChI is InChI=1S/C18H17ClFN3O4S/c1-18(2)23(17(24)25)11(9-26-18)6-15(16-22-3-4-28-16)27-14-7-12(19)13(20)5-10(14)8-21/h3-5,7,11,15H,6,9H2,1-2H3,(H,24,25)/t11-,15+/m0/s1. The van der Waals surface area contributed by atoms with Crippen molar-refractivity contribution in [3.63, 3.8) is 0 Å². The van der Waals surface area contributed by atoms with E-state index in [4.69, 9.17) is 21.1 Å². The Morgan fingerprint density at radius 2 is 2.39 bits per heavy atom. The van der Waals surface area contributed by atoms with Crippen LogP contribution in [0.2, 0.25) is 5.02 Å². The average molecular weight is 426 g/mol. The van der Waals surface area contributed by atoms with Crippen LogP contribution in [0.1, 0.15) is 36.9 Å². The molecule has 1 amide bonds. The number of nitriles is 1. The molecular weight excluding hydrogens is 409 g/mol. The summed E-state index contributed by atoms with van der Waals surface area (Å²) in [5.41, 5.74) is -0.984. The smallest absolute Gasteiger partial charge is 0.409 e. The Labute approximate surface area is 169 Å². The number of hydrogen-bond acceptors (Lipinski definition) is 6. The van der Waals surface area contributed by atoms with Crippen LogP contribution in [-0.4, -0.2) is 39.5 Å². The molecule has 0 radical (unpaired) electrons. The summed E-state index contributed by atoms with van der Waals surface area (Å²) in [6.45, 7) is 3.54. The molecule has 1 aliphatic heterocycles. The molecule has 1 aliphatic rings. The Bertz CT molecular complexity index is 916. The second-order valence-corrected chi connectivity index (χ2v) is 7.98. The number of carboxylic acid groups (broad SMARTS) is 1. The minimum absolute atomic E-state index is 0.0125. The van der Waals surface area contributed by atoms with Crippen LogP contribution >= 0.6 is 22.9 Å². The maximum Gasteiger partial charge on any atom is 0.409 e. The van der Waals surface area contributed by atoms with E-state index in [2.05, 4.69) is 4.98 Å². The first-order chi connectivity index (χ1) is 13.2. The number of amides is 1. The first-order valence-electron chi connectivity index (χ1n) is 8.34. The van der Waals surface area contributed by atoms with E-state index in [9.17, 15) is 19.6 Å². The molecule has 3 rings (SSSR count). The first-order valence-corrected chi connectivity index (χ1v) is 9.60. The molecule has 1 N–H and O–H groups in total. The fourth-order valence-electron chi connectivity index (χ4n) is 3.15. The molecule has 10 heteroatoms. The van der Waals surface area contributed by atoms with Gasteiger partial charge in [-0.1, -0.05) is 11.6 Å². The summed E-state index contributed by atoms with van der Waals surface area (Å²) in [5.74, 6) is -0.617. The molecule has 1 fully saturated rings. The molecule has 0 unspecified atom stereocenters. The number of benzene rings is 1. The molecule has 0 spiro atoms. The zero-order valence-corrected chi connectivity index (χ0v) is 16.6. The van der Waals surface area contributed by atoms with Crippen molar-refractivity contribution >= 4 is 29.0 Å². The molecule has 2 heterocycles. The predicted octanol–water partition coefficient (Wildman–Crippen LogP) is 4.43. The lowest BCUT2D eigenvalue weighted by atomic mass is 10.1. The maximum absolute atomic E-state index is 13.7. The van der Waals surface area contributed by atoms with Crippen molar-refractivity contribution in [1.82, 2.24) is 9.88 Å². The fourth-order valence-corrected chi connectivity index (χ4v) is 3.98. The van der Waals surface area contributed by atoms with E-state index in [0.29, 0.717) is 5.01 Å². The third kappa shape index (κ3) is 4.04. The van der Waals surface area contributed by atoms with Crippen LogP contribution in [0.4, 0.5) is 9.18 Å². The zero-order chi connectivity index (χ0) is 20.5. The van der Waals surface area contributed by atoms with Gasteiger partial charge in [-0.05, 0) is 19.9 Å². The number of hydrogen-bond donors (Lipinski definition) is 1. The van der Waals surface area contributed by atoms with E-state index in [1.165, 1.54) is 22.3 Å². The molecule has 28 heavy (non-hydrogen) atoms. The van der Waals surface area contributed by atoms with Gasteiger partial charge in [0.25, 0.3) is 0 Å². The van der Waals surface area contributed by atoms with Crippen LogP contribution in [0.15, 0.2) is 23.7 Å². The summed E-state index contributed by atoms with van der Waals surface area (Å²) in [7, 11) is 0. The number of ether oxygens (including phenoxy) is 2. The van der Waals surface area contributed by atoms with Crippen LogP contribution in [0, 0.1) is 17.1 Å². The zero-order valence-electron chi connectivity index (χ0n) is 15.1. The van der Waals surface area contributed by atoms with Crippen molar-refractivity contribution in [2.24, 2.45) is 0 Å². The predicted molar refractivity (Wildman–Crippen MR) is 99.9 cm³/mol. The molecule has 1 aromatic carbocycles. The highest BCUT2D eigenvalue weighted by molar-refractivity contribution is 7.09. The van der Waals surface area contributed by atoms with E-state index in [0.717, 1.165) is 6.07 Å². The van der Waals surface area contributed by atoms with Crippen molar-refractivity contribution in [3.8, 4) is 11.8 Å². The van der Waals surface area contributed by atoms with E-state index in [1.807, 2.05) is 6.07 Å². The molecule has 0 saturated carbocycles. The number of aromatic nitrogens is 1. The molecular formula is C18H17ClFN3O4S. The quantitative estimate of drug-likeness (QED) is 0.761. The Balaban J connectivity index is 1.91. The number of rotatable bonds is 5. The van der Waals surface area contributed by atoms with Crippen molar-refractivity contribution < 1.29 is 23.8 Å². The lowest BCUT2D eigenvalue weighted by Crippen LogP contribution is -2.47. The van der Waals surface area contributed by atoms with Crippen LogP contribution in [0.25, 0.3) is 0 Å². The minimum Gasteiger partial charge on any atom is -0.482 e. The Kier molecular flexibility index (Phi) is 5.74. The largest absolute Gasteiger partial charge is 0.482 e. The molecule has 1 aromatic heterocycles. The van der Waals surface area contributed by atoms with Gasteiger partial charge in [0.05, 0.1) is 23.2 Å². The van der Waals surface area contributed by atoms with E-state index < -0.39 is 29.8 Å². The van der Waals surface area contributed by atoms with Crippen LogP contribution in [0.5, 0.6) is 5.75 Å². The summed E-state index contributed by atoms with van der Waals surface area (Å²) in [5, 5.41) is 21.1. The second kappa shape index (κ2) is 7.91. The van der Waals surface area contributed by atoms with Crippen LogP contribution < -0.4 is 4.74 Å². The second-order valence-electron chi connectivity index (χ2n) is 6.65. The van der Waals surface area contributed by atoms with Crippen molar-refractivity contribution in [3.05, 3.63) is 45.1 Å². The fraction of sp³-hybridized carbons (Fsp3) is 0.389. The van der Waals surface area contributed by atoms with Crippen molar-refractivity contribution in [2.75, 3.05) is 6.61 Å². The van der Waals surface area contributed by atoms with Gasteiger partial charge < -0.3 is 14.6 Å². The molecule has 2 aromatic rings. The molecule has 0 aliphatic carbocycles. The molecule has 2 atom stereocenters. The van der Waals surface area contributed by atoms with E-state index in [-0.39, 0.29) is 29.4 Å². The van der Waals surface area contributed by atoms with Gasteiger partial charge in [-0.15, -0.1) is 11.3 Å². The van der Waals surface area contributed by atoms with Gasteiger partial charge >= 0.3 is 6.09 Å². The van der Waals surface area contributed by atoms with Gasteiger partial charge in [-0.25, -0.2) is 14.2 Å². The van der Waals surface area contributed by atoms with Gasteiger partial charge in [0.15, 0.2) is 6.10 Å². The van der Waals surface area contributed by atoms with Crippen molar-refractivity contribution in [2.45, 2.75) is 38.1 Å². The SMILES string of the molecule is CC1(C)OC[C@H](C[C@@H](Oc2cc(Cl)c(F)cc2C#N)c2nccs2)N1C(=O)O. The monoisotopic (exact) mass is 425 g/mol. The molecule has 1 saturated heterocycles. The highest BCUT2D eigenvalue weighted by Crippen LogP contribution is 2.36. The Hall–Kier alpha value is -2.41. The Morgan fingerprint density at radius 3 is 3.00 bits per heavy atom. The third-order valence-corrected chi connectivity index (χ3v) is 5.56. The highest BCUT2D eigenvalue weighted by atomic mass is 35.5. The normalized spacial score (nSPS) is 19.2. The van der Waals surface area contributed by atoms with Gasteiger partial charge in [-0.2, -0.15) is 5.26 Å². The molecule has 0 bridgehead atoms. The Morgan fingerprint density at radius 1 is 1.64 bits per heavy atom. The average Bonchev–Trinajstić information content (AvgIpc) is 3.25. The first kappa shape index (κ1) is 20.3. The molecule has 7 nitrogen and oxygen atoms in total.